The smallest absolute Gasteiger partial charge is 0.172 e. The summed E-state index contributed by atoms with van der Waals surface area (Å²) in [7, 11) is 0. The maximum Gasteiger partial charge on any atom is 0.172 e. The molecule has 1 nitrogen and oxygen atoms in total. The van der Waals surface area contributed by atoms with Crippen LogP contribution in [0, 0.1) is 0 Å². The topological polar surface area (TPSA) is 17.1 Å². The summed E-state index contributed by atoms with van der Waals surface area (Å²) in [5, 5.41) is 0. The van der Waals surface area contributed by atoms with Crippen LogP contribution in [0.1, 0.15) is 24.8 Å². The van der Waals surface area contributed by atoms with Crippen LogP contribution in [0.5, 0.6) is 0 Å². The molecule has 0 spiro atoms. The van der Waals surface area contributed by atoms with E-state index in [4.69, 9.17) is 0 Å². The standard InChI is InChI=1S/C12H13FO/c13-12(8-4-7-11(12)14)9-10-5-2-1-3-6-10/h1-3,5-6H,4,7-9H2. The van der Waals surface area contributed by atoms with E-state index in [1.54, 1.807) is 0 Å². The number of carbonyl (C=O) groups excluding carboxylic acids is 1. The van der Waals surface area contributed by atoms with E-state index in [0.29, 0.717) is 19.3 Å². The predicted molar refractivity (Wildman–Crippen MR) is 52.8 cm³/mol. The third-order valence-corrected chi connectivity index (χ3v) is 2.80. The second-order valence-corrected chi connectivity index (χ2v) is 3.90. The fourth-order valence-electron chi connectivity index (χ4n) is 2.00. The van der Waals surface area contributed by atoms with Gasteiger partial charge in [-0.15, -0.1) is 0 Å². The zero-order chi connectivity index (χ0) is 10.0. The molecule has 1 aliphatic rings. The number of alkyl halides is 1. The van der Waals surface area contributed by atoms with Crippen molar-refractivity contribution in [2.45, 2.75) is 31.4 Å². The van der Waals surface area contributed by atoms with Crippen LogP contribution in [-0.2, 0) is 11.2 Å². The summed E-state index contributed by atoms with van der Waals surface area (Å²) in [6.45, 7) is 0. The number of hydrogen-bond donors (Lipinski definition) is 0. The number of benzene rings is 1. The number of carbonyl (C=O) groups is 1. The molecule has 1 saturated carbocycles. The molecule has 1 aromatic rings. The first-order valence-corrected chi connectivity index (χ1v) is 4.97. The maximum absolute atomic E-state index is 14.0. The molecule has 1 atom stereocenters. The second-order valence-electron chi connectivity index (χ2n) is 3.90. The third kappa shape index (κ3) is 1.69. The number of rotatable bonds is 2. The van der Waals surface area contributed by atoms with Crippen LogP contribution in [-0.4, -0.2) is 11.5 Å². The van der Waals surface area contributed by atoms with E-state index in [2.05, 4.69) is 0 Å². The summed E-state index contributed by atoms with van der Waals surface area (Å²) in [6, 6.07) is 9.38. The zero-order valence-electron chi connectivity index (χ0n) is 8.00. The lowest BCUT2D eigenvalue weighted by atomic mass is 9.94. The number of Topliss-reactive ketones (excluding diaryl/α,β-unsaturated/α-hetero) is 1. The van der Waals surface area contributed by atoms with Crippen LogP contribution in [0.3, 0.4) is 0 Å². The Hall–Kier alpha value is -1.18. The molecule has 0 radical (unpaired) electrons. The molecule has 0 heterocycles. The average molecular weight is 192 g/mol. The summed E-state index contributed by atoms with van der Waals surface area (Å²) in [5.41, 5.74) is -0.674. The largest absolute Gasteiger partial charge is 0.296 e. The van der Waals surface area contributed by atoms with Gasteiger partial charge in [-0.05, 0) is 18.4 Å². The molecule has 0 aliphatic heterocycles. The Morgan fingerprint density at radius 2 is 2.00 bits per heavy atom. The molecule has 0 N–H and O–H groups in total. The molecule has 14 heavy (non-hydrogen) atoms. The Labute approximate surface area is 82.9 Å². The number of hydrogen-bond acceptors (Lipinski definition) is 1. The first-order valence-electron chi connectivity index (χ1n) is 4.97. The van der Waals surface area contributed by atoms with Crippen molar-refractivity contribution in [3.8, 4) is 0 Å². The monoisotopic (exact) mass is 192 g/mol. The molecular formula is C12H13FO. The van der Waals surface area contributed by atoms with Crippen molar-refractivity contribution in [2.75, 3.05) is 0 Å². The molecule has 0 saturated heterocycles. The highest BCUT2D eigenvalue weighted by molar-refractivity contribution is 5.89. The van der Waals surface area contributed by atoms with E-state index in [1.807, 2.05) is 30.3 Å². The molecule has 2 rings (SSSR count). The van der Waals surface area contributed by atoms with Gasteiger partial charge in [0, 0.05) is 12.8 Å². The molecule has 0 aromatic heterocycles. The van der Waals surface area contributed by atoms with Crippen molar-refractivity contribution < 1.29 is 9.18 Å². The molecule has 1 aromatic carbocycles. The average Bonchev–Trinajstić information content (AvgIpc) is 2.48. The molecule has 1 aliphatic carbocycles. The van der Waals surface area contributed by atoms with Crippen LogP contribution in [0.15, 0.2) is 30.3 Å². The van der Waals surface area contributed by atoms with Crippen molar-refractivity contribution in [1.29, 1.82) is 0 Å². The van der Waals surface area contributed by atoms with Gasteiger partial charge in [-0.1, -0.05) is 30.3 Å². The molecule has 2 heteroatoms. The molecule has 0 bridgehead atoms. The lowest BCUT2D eigenvalue weighted by Crippen LogP contribution is -2.30. The van der Waals surface area contributed by atoms with Gasteiger partial charge in [0.15, 0.2) is 11.5 Å². The summed E-state index contributed by atoms with van der Waals surface area (Å²) in [5.74, 6) is -0.221. The first-order chi connectivity index (χ1) is 6.71. The molecule has 74 valence electrons. The van der Waals surface area contributed by atoms with Gasteiger partial charge < -0.3 is 0 Å². The predicted octanol–water partition coefficient (Wildman–Crippen LogP) is 2.69. The highest BCUT2D eigenvalue weighted by Crippen LogP contribution is 2.33. The highest BCUT2D eigenvalue weighted by Gasteiger charge is 2.41. The van der Waals surface area contributed by atoms with Crippen LogP contribution < -0.4 is 0 Å². The van der Waals surface area contributed by atoms with E-state index >= 15 is 0 Å². The van der Waals surface area contributed by atoms with Crippen molar-refractivity contribution >= 4 is 5.78 Å². The van der Waals surface area contributed by atoms with Crippen LogP contribution in [0.2, 0.25) is 0 Å². The quantitative estimate of drug-likeness (QED) is 0.704. The minimum Gasteiger partial charge on any atom is -0.296 e. The van der Waals surface area contributed by atoms with E-state index < -0.39 is 5.67 Å². The Morgan fingerprint density at radius 1 is 1.29 bits per heavy atom. The van der Waals surface area contributed by atoms with Gasteiger partial charge in [-0.25, -0.2) is 4.39 Å². The summed E-state index contributed by atoms with van der Waals surface area (Å²) < 4.78 is 14.0. The van der Waals surface area contributed by atoms with E-state index in [9.17, 15) is 9.18 Å². The molecule has 0 amide bonds. The van der Waals surface area contributed by atoms with Gasteiger partial charge in [0.05, 0.1) is 0 Å². The van der Waals surface area contributed by atoms with Gasteiger partial charge in [0.25, 0.3) is 0 Å². The summed E-state index contributed by atoms with van der Waals surface area (Å²) >= 11 is 0. The fraction of sp³-hybridized carbons (Fsp3) is 0.417. The van der Waals surface area contributed by atoms with Gasteiger partial charge in [0.2, 0.25) is 0 Å². The van der Waals surface area contributed by atoms with Crippen molar-refractivity contribution in [3.63, 3.8) is 0 Å². The van der Waals surface area contributed by atoms with Gasteiger partial charge in [0.1, 0.15) is 0 Å². The van der Waals surface area contributed by atoms with Crippen LogP contribution >= 0.6 is 0 Å². The highest BCUT2D eigenvalue weighted by atomic mass is 19.1. The second kappa shape index (κ2) is 3.52. The minimum absolute atomic E-state index is 0.221. The Bertz CT molecular complexity index is 333. The van der Waals surface area contributed by atoms with Crippen LogP contribution in [0.4, 0.5) is 4.39 Å². The Morgan fingerprint density at radius 3 is 2.57 bits per heavy atom. The third-order valence-electron chi connectivity index (χ3n) is 2.80. The molecule has 1 unspecified atom stereocenters. The van der Waals surface area contributed by atoms with E-state index in [-0.39, 0.29) is 12.2 Å². The fourth-order valence-corrected chi connectivity index (χ4v) is 2.00. The van der Waals surface area contributed by atoms with E-state index in [0.717, 1.165) is 5.56 Å². The Kier molecular flexibility index (Phi) is 2.36. The van der Waals surface area contributed by atoms with Crippen LogP contribution in [0.25, 0.3) is 0 Å². The Balaban J connectivity index is 2.14. The minimum atomic E-state index is -1.58. The van der Waals surface area contributed by atoms with Gasteiger partial charge >= 0.3 is 0 Å². The van der Waals surface area contributed by atoms with Crippen molar-refractivity contribution in [1.82, 2.24) is 0 Å². The normalized spacial score (nSPS) is 26.8. The molecule has 1 fully saturated rings. The van der Waals surface area contributed by atoms with Gasteiger partial charge in [-0.2, -0.15) is 0 Å². The molecular weight excluding hydrogens is 179 g/mol. The lowest BCUT2D eigenvalue weighted by molar-refractivity contribution is -0.127. The van der Waals surface area contributed by atoms with Crippen molar-refractivity contribution in [3.05, 3.63) is 35.9 Å². The van der Waals surface area contributed by atoms with Gasteiger partial charge in [-0.3, -0.25) is 4.79 Å². The number of halogens is 1. The summed E-state index contributed by atoms with van der Waals surface area (Å²) in [6.07, 6.45) is 1.74. The lowest BCUT2D eigenvalue weighted by Gasteiger charge is -2.16. The first kappa shape index (κ1) is 9.38. The summed E-state index contributed by atoms with van der Waals surface area (Å²) in [4.78, 5) is 11.3. The van der Waals surface area contributed by atoms with E-state index in [1.165, 1.54) is 0 Å². The zero-order valence-corrected chi connectivity index (χ0v) is 8.00. The SMILES string of the molecule is O=C1CCCC1(F)Cc1ccccc1. The van der Waals surface area contributed by atoms with Crippen molar-refractivity contribution in [2.24, 2.45) is 0 Å². The number of ketones is 1. The maximum atomic E-state index is 14.0.